The van der Waals surface area contributed by atoms with Crippen molar-refractivity contribution >= 4 is 51.4 Å². The largest absolute Gasteiger partial charge is 1.00 e. The molecule has 43 heavy (non-hydrogen) atoms. The van der Waals surface area contributed by atoms with Crippen molar-refractivity contribution in [2.24, 2.45) is 0 Å². The molecule has 0 amide bonds. The number of hydrogen-bond acceptors (Lipinski definition) is 14. The van der Waals surface area contributed by atoms with Crippen LogP contribution in [0, 0.1) is 0 Å². The van der Waals surface area contributed by atoms with E-state index in [1.165, 1.54) is 22.3 Å². The van der Waals surface area contributed by atoms with Crippen LogP contribution in [-0.2, 0) is 23.9 Å². The summed E-state index contributed by atoms with van der Waals surface area (Å²) in [6.07, 6.45) is 1.62. The van der Waals surface area contributed by atoms with Crippen LogP contribution in [0.4, 0.5) is 5.69 Å². The molecule has 3 rings (SSSR count). The number of benzene rings is 2. The summed E-state index contributed by atoms with van der Waals surface area (Å²) in [6, 6.07) is 12.4. The van der Waals surface area contributed by atoms with Gasteiger partial charge in [0.15, 0.2) is 0 Å². The Morgan fingerprint density at radius 2 is 1.49 bits per heavy atom. The molecule has 0 aliphatic heterocycles. The minimum absolute atomic E-state index is 0. The van der Waals surface area contributed by atoms with Crippen LogP contribution in [0.5, 0.6) is 5.75 Å². The minimum Gasteiger partial charge on any atom is -0.870 e. The number of carboxylic acid groups (broad SMARTS) is 3. The summed E-state index contributed by atoms with van der Waals surface area (Å²) < 4.78 is 12.3. The van der Waals surface area contributed by atoms with E-state index in [1.807, 2.05) is 24.3 Å². The minimum atomic E-state index is -1.48. The van der Waals surface area contributed by atoms with E-state index in [0.29, 0.717) is 10.6 Å². The van der Waals surface area contributed by atoms with Crippen LogP contribution >= 0.6 is 11.3 Å². The summed E-state index contributed by atoms with van der Waals surface area (Å²) in [5.41, 5.74) is 1.68. The number of ether oxygens (including phenoxy) is 2. The summed E-state index contributed by atoms with van der Waals surface area (Å²) in [4.78, 5) is 50.8. The van der Waals surface area contributed by atoms with Crippen molar-refractivity contribution in [3.63, 3.8) is 0 Å². The number of carbonyl (C=O) groups excluding carboxylic acids is 4. The van der Waals surface area contributed by atoms with E-state index >= 15 is 0 Å². The smallest absolute Gasteiger partial charge is 0.870 e. The molecule has 1 N–H and O–H groups in total. The standard InChI is InChI=1S/C25H26N3O9S.4K.H2O/c29-9-7-27(14-22(30)31)8-10-36-11-12-37-20-13-17(25-26-18-3-1-2-4-21(18)38-25)5-6-19(20)28(15-23(32)33)16-24(34)35;;;;;/h1-6,13H,7-8,10-12,14-16H2,(H,30,31)(H,32,33)(H,34,35);;;;;1H2/q-1;4*+1;/p-4. The van der Waals surface area contributed by atoms with E-state index in [0.717, 1.165) is 15.1 Å². The Kier molecular flexibility index (Phi) is 31.6. The molecule has 0 aliphatic carbocycles. The monoisotopic (exact) mass is 714 g/mol. The van der Waals surface area contributed by atoms with E-state index in [-0.39, 0.29) is 255 Å². The zero-order valence-corrected chi connectivity index (χ0v) is 37.9. The van der Waals surface area contributed by atoms with Gasteiger partial charge in [-0.3, -0.25) is 0 Å². The van der Waals surface area contributed by atoms with Crippen LogP contribution in [0.25, 0.3) is 20.8 Å². The molecule has 1 heterocycles. The summed E-state index contributed by atoms with van der Waals surface area (Å²) in [6.45, 7) is -1.75. The maximum atomic E-state index is 11.3. The van der Waals surface area contributed by atoms with Gasteiger partial charge in [0.25, 0.3) is 0 Å². The number of anilines is 1. The Bertz CT molecular complexity index is 1250. The number of hydrogen-bond donors (Lipinski definition) is 0. The van der Waals surface area contributed by atoms with Gasteiger partial charge in [0.2, 0.25) is 0 Å². The first-order valence-electron chi connectivity index (χ1n) is 11.4. The molecule has 0 unspecified atom stereocenters. The van der Waals surface area contributed by atoms with Crippen LogP contribution in [0.2, 0.25) is 0 Å². The third-order valence-electron chi connectivity index (χ3n) is 5.16. The van der Waals surface area contributed by atoms with Gasteiger partial charge in [0.05, 0.1) is 60.1 Å². The summed E-state index contributed by atoms with van der Waals surface area (Å²) in [7, 11) is 0. The number of aliphatic carboxylic acids is 3. The fourth-order valence-corrected chi connectivity index (χ4v) is 4.51. The number of para-hydroxylation sites is 1. The molecule has 13 nitrogen and oxygen atoms in total. The molecule has 1 aromatic heterocycles. The second-order valence-electron chi connectivity index (χ2n) is 7.96. The second kappa shape index (κ2) is 27.3. The van der Waals surface area contributed by atoms with Crippen molar-refractivity contribution in [3.05, 3.63) is 42.5 Å². The molecule has 0 radical (unpaired) electrons. The number of carbonyl (C=O) groups is 3. The molecular formula is C25H24K4N3O10S-. The number of aromatic nitrogens is 1. The summed E-state index contributed by atoms with van der Waals surface area (Å²) in [5, 5.41) is 34.0. The summed E-state index contributed by atoms with van der Waals surface area (Å²) >= 11 is 1.45. The summed E-state index contributed by atoms with van der Waals surface area (Å²) in [5.74, 6) is -4.10. The van der Waals surface area contributed by atoms with Crippen molar-refractivity contribution < 1.29 is 255 Å². The number of thiazole rings is 1. The van der Waals surface area contributed by atoms with Crippen molar-refractivity contribution in [3.8, 4) is 16.3 Å². The maximum absolute atomic E-state index is 11.3. The number of fused-ring (bicyclic) bond motifs is 1. The SMILES string of the molecule is O=[C-]CN(CCOCCOc1cc(-c2nc3ccccc3s2)ccc1N(CC(=O)[O-])CC(=O)[O-])CC(=O)[O-].[K+].[K+].[K+].[K+].[OH-]. The molecule has 3 aromatic rings. The Morgan fingerprint density at radius 1 is 0.860 bits per heavy atom. The van der Waals surface area contributed by atoms with E-state index in [2.05, 4.69) is 4.98 Å². The van der Waals surface area contributed by atoms with E-state index in [9.17, 15) is 34.5 Å². The zero-order chi connectivity index (χ0) is 27.5. The fourth-order valence-electron chi connectivity index (χ4n) is 3.55. The molecule has 210 valence electrons. The van der Waals surface area contributed by atoms with Gasteiger partial charge in [-0.05, 0) is 30.3 Å². The molecule has 0 bridgehead atoms. The quantitative estimate of drug-likeness (QED) is 0.0725. The average Bonchev–Trinajstić information content (AvgIpc) is 3.29. The van der Waals surface area contributed by atoms with Crippen LogP contribution in [0.3, 0.4) is 0 Å². The van der Waals surface area contributed by atoms with Crippen molar-refractivity contribution in [2.75, 3.05) is 57.4 Å². The molecule has 0 saturated carbocycles. The predicted molar refractivity (Wildman–Crippen MR) is 133 cm³/mol. The third-order valence-corrected chi connectivity index (χ3v) is 6.24. The molecular weight excluding hydrogens is 691 g/mol. The van der Waals surface area contributed by atoms with Crippen LogP contribution in [0.15, 0.2) is 42.5 Å². The fraction of sp³-hybridized carbons (Fsp3) is 0.320. The van der Waals surface area contributed by atoms with Crippen molar-refractivity contribution in [2.45, 2.75) is 0 Å². The topological polar surface area (TPSA) is 205 Å². The number of carboxylic acids is 3. The first kappa shape index (κ1) is 49.8. The molecule has 0 aliphatic rings. The first-order chi connectivity index (χ1) is 18.3. The van der Waals surface area contributed by atoms with E-state index in [4.69, 9.17) is 9.47 Å². The van der Waals surface area contributed by atoms with Gasteiger partial charge < -0.3 is 59.2 Å². The van der Waals surface area contributed by atoms with E-state index < -0.39 is 37.5 Å². The zero-order valence-electron chi connectivity index (χ0n) is 24.6. The second-order valence-corrected chi connectivity index (χ2v) is 8.99. The van der Waals surface area contributed by atoms with Gasteiger partial charge in [-0.25, -0.2) is 11.3 Å². The Morgan fingerprint density at radius 3 is 2.07 bits per heavy atom. The van der Waals surface area contributed by atoms with Crippen LogP contribution in [-0.4, -0.2) is 92.1 Å². The Labute approximate surface area is 422 Å². The average molecular weight is 715 g/mol. The van der Waals surface area contributed by atoms with Crippen LogP contribution in [0.1, 0.15) is 0 Å². The number of nitrogens with zero attached hydrogens (tertiary/aromatic N) is 3. The van der Waals surface area contributed by atoms with Crippen LogP contribution < -0.4 is 230 Å². The van der Waals surface area contributed by atoms with Gasteiger partial charge in [-0.15, -0.1) is 11.3 Å². The van der Waals surface area contributed by atoms with Gasteiger partial charge >= 0.3 is 206 Å². The van der Waals surface area contributed by atoms with Crippen molar-refractivity contribution in [1.82, 2.24) is 9.88 Å². The molecule has 0 saturated heterocycles. The maximum Gasteiger partial charge on any atom is 1.00 e. The normalized spacial score (nSPS) is 9.70. The molecule has 18 heteroatoms. The Hall–Kier alpha value is 2.44. The third kappa shape index (κ3) is 18.1. The van der Waals surface area contributed by atoms with E-state index in [1.54, 1.807) is 18.4 Å². The predicted octanol–water partition coefficient (Wildman–Crippen LogP) is -14.3. The van der Waals surface area contributed by atoms with Crippen molar-refractivity contribution in [1.29, 1.82) is 0 Å². The Balaban J connectivity index is -0.00000320. The van der Waals surface area contributed by atoms with Gasteiger partial charge in [-0.2, -0.15) is 0 Å². The molecule has 0 fully saturated rings. The molecule has 0 atom stereocenters. The molecule has 2 aromatic carbocycles. The van der Waals surface area contributed by atoms with Gasteiger partial charge in [-0.1, -0.05) is 18.7 Å². The van der Waals surface area contributed by atoms with Gasteiger partial charge in [0.1, 0.15) is 17.4 Å². The van der Waals surface area contributed by atoms with Gasteiger partial charge in [0, 0.05) is 18.7 Å². The molecule has 0 spiro atoms. The first-order valence-corrected chi connectivity index (χ1v) is 12.2. The number of rotatable bonds is 17.